The number of aromatic hydroxyl groups is 2. The van der Waals surface area contributed by atoms with E-state index in [1.165, 1.54) is 0 Å². The van der Waals surface area contributed by atoms with Crippen LogP contribution in [0.25, 0.3) is 0 Å². The van der Waals surface area contributed by atoms with Crippen LogP contribution in [0.5, 0.6) is 11.5 Å². The predicted octanol–water partition coefficient (Wildman–Crippen LogP) is 5.32. The maximum Gasteiger partial charge on any atom is 0.150 e. The molecular formula is C24H24O3. The van der Waals surface area contributed by atoms with E-state index >= 15 is 0 Å². The van der Waals surface area contributed by atoms with Gasteiger partial charge in [-0.25, -0.2) is 0 Å². The molecule has 3 heteroatoms. The van der Waals surface area contributed by atoms with Crippen molar-refractivity contribution in [1.29, 1.82) is 0 Å². The van der Waals surface area contributed by atoms with Crippen LogP contribution in [0.4, 0.5) is 0 Å². The van der Waals surface area contributed by atoms with Crippen LogP contribution in [-0.4, -0.2) is 16.5 Å². The first kappa shape index (κ1) is 18.7. The van der Waals surface area contributed by atoms with Crippen LogP contribution in [0.1, 0.15) is 55.2 Å². The molecule has 0 aromatic heterocycles. The molecule has 0 aliphatic heterocycles. The molecule has 0 fully saturated rings. The fraction of sp³-hybridized carbons (Fsp3) is 0.208. The van der Waals surface area contributed by atoms with E-state index in [1.54, 1.807) is 6.07 Å². The van der Waals surface area contributed by atoms with E-state index in [4.69, 9.17) is 0 Å². The molecule has 2 N–H and O–H groups in total. The summed E-state index contributed by atoms with van der Waals surface area (Å²) < 4.78 is 0. The third-order valence-electron chi connectivity index (χ3n) is 4.95. The van der Waals surface area contributed by atoms with Crippen LogP contribution in [-0.2, 0) is 0 Å². The van der Waals surface area contributed by atoms with Crippen LogP contribution < -0.4 is 0 Å². The Morgan fingerprint density at radius 2 is 1.30 bits per heavy atom. The number of carbonyl (C=O) groups is 1. The van der Waals surface area contributed by atoms with Crippen LogP contribution in [0.3, 0.4) is 0 Å². The summed E-state index contributed by atoms with van der Waals surface area (Å²) >= 11 is 0. The number of carbonyl (C=O) groups excluding carboxylic acids is 1. The molecule has 3 aromatic carbocycles. The Balaban J connectivity index is 2.36. The molecule has 3 nitrogen and oxygen atoms in total. The fourth-order valence-corrected chi connectivity index (χ4v) is 3.76. The first-order valence-electron chi connectivity index (χ1n) is 8.97. The zero-order valence-corrected chi connectivity index (χ0v) is 16.1. The van der Waals surface area contributed by atoms with Crippen LogP contribution in [0, 0.1) is 27.7 Å². The van der Waals surface area contributed by atoms with E-state index < -0.39 is 0 Å². The Kier molecular flexibility index (Phi) is 5.04. The summed E-state index contributed by atoms with van der Waals surface area (Å²) in [5.41, 5.74) is 6.47. The summed E-state index contributed by atoms with van der Waals surface area (Å²) in [5, 5.41) is 21.6. The van der Waals surface area contributed by atoms with Crippen molar-refractivity contribution in [2.75, 3.05) is 0 Å². The first-order chi connectivity index (χ1) is 12.8. The molecule has 0 heterocycles. The summed E-state index contributed by atoms with van der Waals surface area (Å²) in [4.78, 5) is 11.3. The molecule has 0 amide bonds. The summed E-state index contributed by atoms with van der Waals surface area (Å²) in [7, 11) is 0. The van der Waals surface area contributed by atoms with E-state index in [0.717, 1.165) is 45.2 Å². The zero-order chi connectivity index (χ0) is 19.7. The second kappa shape index (κ2) is 7.28. The quantitative estimate of drug-likeness (QED) is 0.489. The molecule has 0 aliphatic rings. The Labute approximate surface area is 159 Å². The predicted molar refractivity (Wildman–Crippen MR) is 108 cm³/mol. The lowest BCUT2D eigenvalue weighted by Crippen LogP contribution is -2.07. The largest absolute Gasteiger partial charge is 0.507 e. The normalized spacial score (nSPS) is 11.0. The Hall–Kier alpha value is -3.07. The summed E-state index contributed by atoms with van der Waals surface area (Å²) in [5.74, 6) is 0.0310. The molecule has 3 aromatic rings. The molecule has 0 bridgehead atoms. The first-order valence-corrected chi connectivity index (χ1v) is 8.97. The highest BCUT2D eigenvalue weighted by Crippen LogP contribution is 2.43. The molecule has 0 spiro atoms. The van der Waals surface area contributed by atoms with Gasteiger partial charge in [-0.3, -0.25) is 4.79 Å². The van der Waals surface area contributed by atoms with Crippen molar-refractivity contribution in [3.8, 4) is 11.5 Å². The average Bonchev–Trinajstić information content (AvgIpc) is 2.63. The Bertz CT molecular complexity index is 961. The van der Waals surface area contributed by atoms with Gasteiger partial charge in [0.1, 0.15) is 17.8 Å². The maximum atomic E-state index is 11.3. The Morgan fingerprint density at radius 3 is 1.78 bits per heavy atom. The van der Waals surface area contributed by atoms with Gasteiger partial charge >= 0.3 is 0 Å². The molecule has 27 heavy (non-hydrogen) atoms. The van der Waals surface area contributed by atoms with Crippen molar-refractivity contribution in [2.24, 2.45) is 0 Å². The van der Waals surface area contributed by atoms with Gasteiger partial charge in [-0.05, 0) is 50.5 Å². The smallest absolute Gasteiger partial charge is 0.150 e. The van der Waals surface area contributed by atoms with Crippen molar-refractivity contribution in [2.45, 2.75) is 33.6 Å². The molecule has 0 unspecified atom stereocenters. The van der Waals surface area contributed by atoms with E-state index in [-0.39, 0.29) is 17.4 Å². The molecule has 0 saturated heterocycles. The lowest BCUT2D eigenvalue weighted by atomic mass is 9.81. The molecule has 0 radical (unpaired) electrons. The van der Waals surface area contributed by atoms with Crippen molar-refractivity contribution < 1.29 is 15.0 Å². The highest BCUT2D eigenvalue weighted by molar-refractivity contribution is 5.75. The van der Waals surface area contributed by atoms with Crippen LogP contribution in [0.15, 0.2) is 48.5 Å². The number of hydrogen-bond donors (Lipinski definition) is 2. The number of benzene rings is 3. The van der Waals surface area contributed by atoms with E-state index in [9.17, 15) is 15.0 Å². The number of hydrogen-bond acceptors (Lipinski definition) is 3. The lowest BCUT2D eigenvalue weighted by Gasteiger charge is -2.24. The standard InChI is InChI=1S/C24H24O3/c1-14-8-16(3)23(26)20(10-14)22(19-7-5-6-18(12-19)13-25)21-11-15(2)9-17(4)24(21)27/h5-13,22,26-27H,1-4H3. The van der Waals surface area contributed by atoms with Gasteiger partial charge in [0.2, 0.25) is 0 Å². The van der Waals surface area contributed by atoms with Crippen molar-refractivity contribution in [3.63, 3.8) is 0 Å². The molecule has 0 saturated carbocycles. The molecule has 0 atom stereocenters. The topological polar surface area (TPSA) is 57.5 Å². The number of phenols is 2. The third-order valence-corrected chi connectivity index (χ3v) is 4.95. The molecular weight excluding hydrogens is 336 g/mol. The van der Waals surface area contributed by atoms with Gasteiger partial charge in [0, 0.05) is 22.6 Å². The van der Waals surface area contributed by atoms with Gasteiger partial charge in [0.25, 0.3) is 0 Å². The van der Waals surface area contributed by atoms with Crippen molar-refractivity contribution >= 4 is 6.29 Å². The highest BCUT2D eigenvalue weighted by atomic mass is 16.3. The summed E-state index contributed by atoms with van der Waals surface area (Å²) in [6.45, 7) is 7.70. The second-order valence-corrected chi connectivity index (χ2v) is 7.26. The maximum absolute atomic E-state index is 11.3. The van der Waals surface area contributed by atoms with Crippen molar-refractivity contribution in [1.82, 2.24) is 0 Å². The third kappa shape index (κ3) is 3.59. The summed E-state index contributed by atoms with van der Waals surface area (Å²) in [6.07, 6.45) is 0.809. The minimum absolute atomic E-state index is 0.209. The van der Waals surface area contributed by atoms with E-state index in [0.29, 0.717) is 5.56 Å². The minimum Gasteiger partial charge on any atom is -0.507 e. The van der Waals surface area contributed by atoms with Crippen LogP contribution >= 0.6 is 0 Å². The Morgan fingerprint density at radius 1 is 0.778 bits per heavy atom. The number of aryl methyl sites for hydroxylation is 4. The van der Waals surface area contributed by atoms with Gasteiger partial charge in [0.15, 0.2) is 0 Å². The van der Waals surface area contributed by atoms with E-state index in [1.807, 2.05) is 70.2 Å². The minimum atomic E-state index is -0.387. The van der Waals surface area contributed by atoms with Gasteiger partial charge in [0.05, 0.1) is 0 Å². The molecule has 138 valence electrons. The van der Waals surface area contributed by atoms with Gasteiger partial charge in [-0.2, -0.15) is 0 Å². The molecule has 3 rings (SSSR count). The fourth-order valence-electron chi connectivity index (χ4n) is 3.76. The van der Waals surface area contributed by atoms with Gasteiger partial charge in [-0.15, -0.1) is 0 Å². The average molecular weight is 360 g/mol. The van der Waals surface area contributed by atoms with Gasteiger partial charge in [-0.1, -0.05) is 53.6 Å². The van der Waals surface area contributed by atoms with Crippen molar-refractivity contribution in [3.05, 3.63) is 93.0 Å². The number of aldehydes is 1. The second-order valence-electron chi connectivity index (χ2n) is 7.26. The SMILES string of the molecule is Cc1cc(C)c(O)c(C(c2cccc(C=O)c2)c2cc(C)cc(C)c2O)c1. The lowest BCUT2D eigenvalue weighted by molar-refractivity contribution is 0.112. The number of rotatable bonds is 4. The van der Waals surface area contributed by atoms with Crippen LogP contribution in [0.2, 0.25) is 0 Å². The van der Waals surface area contributed by atoms with E-state index in [2.05, 4.69) is 0 Å². The van der Waals surface area contributed by atoms with Gasteiger partial charge < -0.3 is 10.2 Å². The molecule has 0 aliphatic carbocycles. The summed E-state index contributed by atoms with van der Waals surface area (Å²) in [6, 6.07) is 15.0. The highest BCUT2D eigenvalue weighted by Gasteiger charge is 2.25. The zero-order valence-electron chi connectivity index (χ0n) is 16.1. The number of phenolic OH excluding ortho intramolecular Hbond substituents is 2. The monoisotopic (exact) mass is 360 g/mol.